The van der Waals surface area contributed by atoms with Gasteiger partial charge in [0.15, 0.2) is 0 Å². The quantitative estimate of drug-likeness (QED) is 0.513. The number of carboxylic acids is 1. The van der Waals surface area contributed by atoms with Crippen molar-refractivity contribution in [2.24, 2.45) is 0 Å². The van der Waals surface area contributed by atoms with Gasteiger partial charge in [0.1, 0.15) is 5.56 Å². The van der Waals surface area contributed by atoms with Crippen molar-refractivity contribution < 1.29 is 14.8 Å². The molecular weight excluding hydrogens is 254 g/mol. The van der Waals surface area contributed by atoms with Crippen LogP contribution in [0.5, 0.6) is 0 Å². The van der Waals surface area contributed by atoms with Crippen molar-refractivity contribution in [2.75, 3.05) is 0 Å². The van der Waals surface area contributed by atoms with Gasteiger partial charge in [-0.15, -0.1) is 0 Å². The van der Waals surface area contributed by atoms with Crippen LogP contribution in [0.3, 0.4) is 0 Å². The number of carboxylic acid groups (broad SMARTS) is 1. The number of halogens is 1. The molecule has 0 bridgehead atoms. The van der Waals surface area contributed by atoms with Crippen LogP contribution < -0.4 is 0 Å². The predicted molar refractivity (Wildman–Crippen MR) is 52.7 cm³/mol. The highest BCUT2D eigenvalue weighted by atomic mass is 79.9. The number of nitro benzene ring substituents is 1. The van der Waals surface area contributed by atoms with Gasteiger partial charge in [0.2, 0.25) is 0 Å². The molecule has 0 saturated heterocycles. The molecule has 0 saturated carbocycles. The van der Waals surface area contributed by atoms with Gasteiger partial charge < -0.3 is 5.11 Å². The lowest BCUT2D eigenvalue weighted by Gasteiger charge is -2.01. The number of aromatic carboxylic acids is 1. The van der Waals surface area contributed by atoms with E-state index in [-0.39, 0.29) is 16.6 Å². The van der Waals surface area contributed by atoms with Crippen molar-refractivity contribution >= 4 is 27.6 Å². The largest absolute Gasteiger partial charge is 0.477 e. The molecule has 6 heteroatoms. The summed E-state index contributed by atoms with van der Waals surface area (Å²) in [6.45, 7) is 0. The molecule has 0 radical (unpaired) electrons. The average Bonchev–Trinajstić information content (AvgIpc) is 2.16. The van der Waals surface area contributed by atoms with Gasteiger partial charge in [-0.05, 0) is 6.07 Å². The normalized spacial score (nSPS) is 9.79. The Morgan fingerprint density at radius 1 is 1.57 bits per heavy atom. The maximum absolute atomic E-state index is 10.7. The zero-order valence-corrected chi connectivity index (χ0v) is 8.52. The molecule has 1 aromatic carbocycles. The molecule has 1 rings (SSSR count). The first-order chi connectivity index (χ1) is 6.57. The zero-order valence-electron chi connectivity index (χ0n) is 6.94. The highest BCUT2D eigenvalue weighted by Gasteiger charge is 2.22. The maximum atomic E-state index is 10.7. The third-order valence-corrected chi connectivity index (χ3v) is 2.28. The number of nitrogens with zero attached hydrogens (tertiary/aromatic N) is 1. The number of alkyl halides is 1. The molecule has 0 heterocycles. The van der Waals surface area contributed by atoms with Gasteiger partial charge in [0.25, 0.3) is 5.69 Å². The van der Waals surface area contributed by atoms with Crippen LogP contribution in [0.1, 0.15) is 15.9 Å². The van der Waals surface area contributed by atoms with E-state index in [1.165, 1.54) is 18.2 Å². The Balaban J connectivity index is 3.43. The van der Waals surface area contributed by atoms with E-state index >= 15 is 0 Å². The number of rotatable bonds is 3. The molecule has 5 nitrogen and oxygen atoms in total. The van der Waals surface area contributed by atoms with Crippen molar-refractivity contribution in [3.8, 4) is 0 Å². The van der Waals surface area contributed by atoms with E-state index in [1.54, 1.807) is 0 Å². The first kappa shape index (κ1) is 10.6. The number of hydrogen-bond donors (Lipinski definition) is 1. The van der Waals surface area contributed by atoms with Gasteiger partial charge in [-0.1, -0.05) is 28.1 Å². The second kappa shape index (κ2) is 4.19. The molecule has 0 spiro atoms. The number of hydrogen-bond acceptors (Lipinski definition) is 3. The van der Waals surface area contributed by atoms with E-state index in [0.717, 1.165) is 0 Å². The Kier molecular flexibility index (Phi) is 3.19. The number of para-hydroxylation sites is 1. The van der Waals surface area contributed by atoms with Crippen LogP contribution in [0, 0.1) is 10.1 Å². The summed E-state index contributed by atoms with van der Waals surface area (Å²) in [6, 6.07) is 4.21. The van der Waals surface area contributed by atoms with Crippen LogP contribution in [0.15, 0.2) is 18.2 Å². The van der Waals surface area contributed by atoms with Crippen molar-refractivity contribution in [2.45, 2.75) is 5.33 Å². The van der Waals surface area contributed by atoms with Crippen LogP contribution >= 0.6 is 15.9 Å². The Labute approximate surface area is 87.6 Å². The maximum Gasteiger partial charge on any atom is 0.342 e. The summed E-state index contributed by atoms with van der Waals surface area (Å²) >= 11 is 3.06. The minimum atomic E-state index is -1.29. The summed E-state index contributed by atoms with van der Waals surface area (Å²) in [7, 11) is 0. The molecule has 0 amide bonds. The fourth-order valence-electron chi connectivity index (χ4n) is 1.09. The van der Waals surface area contributed by atoms with E-state index in [4.69, 9.17) is 5.11 Å². The van der Waals surface area contributed by atoms with Crippen molar-refractivity contribution in [1.82, 2.24) is 0 Å². The Morgan fingerprint density at radius 3 is 2.64 bits per heavy atom. The molecule has 0 aliphatic rings. The van der Waals surface area contributed by atoms with Crippen molar-refractivity contribution in [1.29, 1.82) is 0 Å². The number of carbonyl (C=O) groups is 1. The third-order valence-electron chi connectivity index (χ3n) is 1.68. The minimum absolute atomic E-state index is 0.254. The van der Waals surface area contributed by atoms with Gasteiger partial charge in [0, 0.05) is 10.9 Å². The standard InChI is InChI=1S/C8H6BrNO4/c9-4-5-2-1-3-6(8(11)12)7(5)10(13)14/h1-3H,4H2,(H,11,12). The van der Waals surface area contributed by atoms with E-state index < -0.39 is 10.9 Å². The molecular formula is C8H6BrNO4. The highest BCUT2D eigenvalue weighted by molar-refractivity contribution is 9.08. The van der Waals surface area contributed by atoms with Gasteiger partial charge in [-0.3, -0.25) is 10.1 Å². The van der Waals surface area contributed by atoms with Crippen LogP contribution in [-0.4, -0.2) is 16.0 Å². The van der Waals surface area contributed by atoms with Crippen molar-refractivity contribution in [3.05, 3.63) is 39.4 Å². The van der Waals surface area contributed by atoms with Crippen molar-refractivity contribution in [3.63, 3.8) is 0 Å². The number of nitro groups is 1. The second-order valence-electron chi connectivity index (χ2n) is 2.51. The molecule has 14 heavy (non-hydrogen) atoms. The smallest absolute Gasteiger partial charge is 0.342 e. The molecule has 0 fully saturated rings. The van der Waals surface area contributed by atoms with Gasteiger partial charge in [0.05, 0.1) is 4.92 Å². The highest BCUT2D eigenvalue weighted by Crippen LogP contribution is 2.25. The Hall–Kier alpha value is -1.43. The van der Waals surface area contributed by atoms with E-state index in [2.05, 4.69) is 15.9 Å². The average molecular weight is 260 g/mol. The lowest BCUT2D eigenvalue weighted by Crippen LogP contribution is -2.04. The van der Waals surface area contributed by atoms with Gasteiger partial charge in [-0.2, -0.15) is 0 Å². The van der Waals surface area contributed by atoms with E-state index in [1.807, 2.05) is 0 Å². The summed E-state index contributed by atoms with van der Waals surface area (Å²) < 4.78 is 0. The number of benzene rings is 1. The molecule has 0 atom stereocenters. The van der Waals surface area contributed by atoms with Crippen LogP contribution in [0.4, 0.5) is 5.69 Å². The first-order valence-electron chi connectivity index (χ1n) is 3.63. The molecule has 0 aromatic heterocycles. The Morgan fingerprint density at radius 2 is 2.21 bits per heavy atom. The fraction of sp³-hybridized carbons (Fsp3) is 0.125. The van der Waals surface area contributed by atoms with Gasteiger partial charge >= 0.3 is 5.97 Å². The summed E-state index contributed by atoms with van der Waals surface area (Å²) in [6.07, 6.45) is 0. The van der Waals surface area contributed by atoms with E-state index in [9.17, 15) is 14.9 Å². The molecule has 74 valence electrons. The SMILES string of the molecule is O=C(O)c1cccc(CBr)c1[N+](=O)[O-]. The third kappa shape index (κ3) is 1.90. The zero-order chi connectivity index (χ0) is 10.7. The minimum Gasteiger partial charge on any atom is -0.477 e. The molecule has 1 aromatic rings. The molecule has 0 unspecified atom stereocenters. The lowest BCUT2D eigenvalue weighted by atomic mass is 10.1. The monoisotopic (exact) mass is 259 g/mol. The first-order valence-corrected chi connectivity index (χ1v) is 4.75. The predicted octanol–water partition coefficient (Wildman–Crippen LogP) is 2.19. The summed E-state index contributed by atoms with van der Waals surface area (Å²) in [5.41, 5.74) is -0.279. The Bertz CT molecular complexity index is 391. The molecule has 1 N–H and O–H groups in total. The topological polar surface area (TPSA) is 80.4 Å². The summed E-state index contributed by atoms with van der Waals surface area (Å²) in [5.74, 6) is -1.29. The lowest BCUT2D eigenvalue weighted by molar-refractivity contribution is -0.385. The molecule has 0 aliphatic carbocycles. The van der Waals surface area contributed by atoms with Crippen LogP contribution in [-0.2, 0) is 5.33 Å². The second-order valence-corrected chi connectivity index (χ2v) is 3.07. The van der Waals surface area contributed by atoms with E-state index in [0.29, 0.717) is 5.56 Å². The summed E-state index contributed by atoms with van der Waals surface area (Å²) in [5, 5.41) is 19.6. The fourth-order valence-corrected chi connectivity index (χ4v) is 1.54. The van der Waals surface area contributed by atoms with Crippen LogP contribution in [0.25, 0.3) is 0 Å². The summed E-state index contributed by atoms with van der Waals surface area (Å²) in [4.78, 5) is 20.6. The molecule has 0 aliphatic heterocycles. The van der Waals surface area contributed by atoms with Gasteiger partial charge in [-0.25, -0.2) is 4.79 Å². The van der Waals surface area contributed by atoms with Crippen LogP contribution in [0.2, 0.25) is 0 Å².